The maximum Gasteiger partial charge on any atom is 0.233 e. The fourth-order valence-corrected chi connectivity index (χ4v) is 4.06. The third-order valence-corrected chi connectivity index (χ3v) is 5.65. The van der Waals surface area contributed by atoms with Crippen molar-refractivity contribution in [1.82, 2.24) is 4.72 Å². The largest absolute Gasteiger partial charge is 0.381 e. The smallest absolute Gasteiger partial charge is 0.233 e. The first-order chi connectivity index (χ1) is 10.2. The fraction of sp³-hybridized carbons (Fsp3) is 0.467. The van der Waals surface area contributed by atoms with Gasteiger partial charge in [-0.1, -0.05) is 30.3 Å². The van der Waals surface area contributed by atoms with Crippen LogP contribution >= 0.6 is 11.8 Å². The van der Waals surface area contributed by atoms with Crippen LogP contribution in [-0.2, 0) is 14.8 Å². The van der Waals surface area contributed by atoms with Crippen LogP contribution in [0.25, 0.3) is 6.08 Å². The first kappa shape index (κ1) is 16.5. The molecule has 0 spiro atoms. The second kappa shape index (κ2) is 8.58. The summed E-state index contributed by atoms with van der Waals surface area (Å²) < 4.78 is 31.6. The molecule has 21 heavy (non-hydrogen) atoms. The summed E-state index contributed by atoms with van der Waals surface area (Å²) in [5.74, 6) is 0.795. The lowest BCUT2D eigenvalue weighted by atomic mass is 10.2. The van der Waals surface area contributed by atoms with Gasteiger partial charge >= 0.3 is 0 Å². The lowest BCUT2D eigenvalue weighted by Crippen LogP contribution is -2.25. The Kier molecular flexibility index (Phi) is 6.76. The summed E-state index contributed by atoms with van der Waals surface area (Å²) in [6.45, 7) is 2.11. The van der Waals surface area contributed by atoms with Crippen LogP contribution in [0.5, 0.6) is 0 Å². The highest BCUT2D eigenvalue weighted by Gasteiger charge is 2.14. The number of sulfonamides is 1. The Bertz CT molecular complexity index is 537. The van der Waals surface area contributed by atoms with E-state index in [0.29, 0.717) is 11.8 Å². The van der Waals surface area contributed by atoms with Crippen LogP contribution in [0.4, 0.5) is 0 Å². The molecule has 1 aliphatic heterocycles. The molecule has 0 unspecified atom stereocenters. The molecule has 0 amide bonds. The maximum absolute atomic E-state index is 11.8. The van der Waals surface area contributed by atoms with Gasteiger partial charge in [-0.05, 0) is 24.5 Å². The Morgan fingerprint density at radius 2 is 1.95 bits per heavy atom. The number of rotatable bonds is 7. The number of hydrogen-bond donors (Lipinski definition) is 1. The van der Waals surface area contributed by atoms with E-state index in [1.165, 1.54) is 5.41 Å². The van der Waals surface area contributed by atoms with E-state index < -0.39 is 10.0 Å². The van der Waals surface area contributed by atoms with Crippen molar-refractivity contribution >= 4 is 27.9 Å². The predicted octanol–water partition coefficient (Wildman–Crippen LogP) is 2.49. The number of hydrogen-bond acceptors (Lipinski definition) is 4. The van der Waals surface area contributed by atoms with Crippen LogP contribution in [0, 0.1) is 0 Å². The van der Waals surface area contributed by atoms with E-state index in [1.807, 2.05) is 42.1 Å². The zero-order valence-corrected chi connectivity index (χ0v) is 13.5. The number of nitrogens with one attached hydrogen (secondary N) is 1. The molecule has 0 atom stereocenters. The van der Waals surface area contributed by atoms with Crippen molar-refractivity contribution in [3.63, 3.8) is 0 Å². The SMILES string of the molecule is O=S(=O)(/C=C/c1ccccc1)NCCSC1CCOCC1. The monoisotopic (exact) mass is 327 g/mol. The van der Waals surface area contributed by atoms with Gasteiger partial charge in [0.15, 0.2) is 0 Å². The van der Waals surface area contributed by atoms with Crippen molar-refractivity contribution in [3.8, 4) is 0 Å². The molecule has 0 radical (unpaired) electrons. The molecule has 1 N–H and O–H groups in total. The molecule has 116 valence electrons. The van der Waals surface area contributed by atoms with Gasteiger partial charge in [-0.2, -0.15) is 11.8 Å². The summed E-state index contributed by atoms with van der Waals surface area (Å²) in [6, 6.07) is 9.39. The second-order valence-electron chi connectivity index (χ2n) is 4.84. The van der Waals surface area contributed by atoms with Gasteiger partial charge in [-0.25, -0.2) is 13.1 Å². The number of ether oxygens (including phenoxy) is 1. The molecule has 0 aromatic heterocycles. The molecule has 1 aromatic rings. The average molecular weight is 327 g/mol. The van der Waals surface area contributed by atoms with Gasteiger partial charge in [0.1, 0.15) is 0 Å². The van der Waals surface area contributed by atoms with Gasteiger partial charge in [0.25, 0.3) is 0 Å². The highest BCUT2D eigenvalue weighted by molar-refractivity contribution is 8.00. The molecule has 1 aromatic carbocycles. The molecule has 2 rings (SSSR count). The van der Waals surface area contributed by atoms with Crippen LogP contribution < -0.4 is 4.72 Å². The molecular formula is C15H21NO3S2. The Hall–Kier alpha value is -0.820. The summed E-state index contributed by atoms with van der Waals surface area (Å²) in [5.41, 5.74) is 0.874. The van der Waals surface area contributed by atoms with Crippen molar-refractivity contribution < 1.29 is 13.2 Å². The van der Waals surface area contributed by atoms with Gasteiger partial charge in [-0.3, -0.25) is 0 Å². The van der Waals surface area contributed by atoms with E-state index in [4.69, 9.17) is 4.74 Å². The standard InChI is InChI=1S/C15H21NO3S2/c17-21(18,13-8-14-4-2-1-3-5-14)16-9-12-20-15-6-10-19-11-7-15/h1-5,8,13,15-16H,6-7,9-12H2/b13-8+. The van der Waals surface area contributed by atoms with Crippen LogP contribution in [0.1, 0.15) is 18.4 Å². The van der Waals surface area contributed by atoms with E-state index in [-0.39, 0.29) is 0 Å². The minimum Gasteiger partial charge on any atom is -0.381 e. The Balaban J connectivity index is 1.70. The lowest BCUT2D eigenvalue weighted by molar-refractivity contribution is 0.100. The van der Waals surface area contributed by atoms with Gasteiger partial charge in [0.2, 0.25) is 10.0 Å². The highest BCUT2D eigenvalue weighted by atomic mass is 32.2. The van der Waals surface area contributed by atoms with Crippen molar-refractivity contribution in [2.75, 3.05) is 25.5 Å². The zero-order chi connectivity index (χ0) is 15.0. The van der Waals surface area contributed by atoms with Gasteiger partial charge in [0.05, 0.1) is 0 Å². The van der Waals surface area contributed by atoms with Crippen molar-refractivity contribution in [3.05, 3.63) is 41.3 Å². The molecule has 0 bridgehead atoms. The molecule has 1 heterocycles. The van der Waals surface area contributed by atoms with Gasteiger partial charge in [-0.15, -0.1) is 0 Å². The molecule has 1 aliphatic rings. The molecule has 4 nitrogen and oxygen atoms in total. The van der Waals surface area contributed by atoms with Crippen molar-refractivity contribution in [2.24, 2.45) is 0 Å². The third-order valence-electron chi connectivity index (χ3n) is 3.17. The average Bonchev–Trinajstić information content (AvgIpc) is 2.52. The normalized spacial score (nSPS) is 17.3. The molecule has 0 aliphatic carbocycles. The van der Waals surface area contributed by atoms with E-state index in [2.05, 4.69) is 4.72 Å². The summed E-state index contributed by atoms with van der Waals surface area (Å²) in [6.07, 6.45) is 3.73. The topological polar surface area (TPSA) is 55.4 Å². The van der Waals surface area contributed by atoms with E-state index >= 15 is 0 Å². The first-order valence-electron chi connectivity index (χ1n) is 7.08. The summed E-state index contributed by atoms with van der Waals surface area (Å²) in [5, 5.41) is 1.82. The van der Waals surface area contributed by atoms with Crippen LogP contribution in [0.2, 0.25) is 0 Å². The Morgan fingerprint density at radius 1 is 1.24 bits per heavy atom. The number of benzene rings is 1. The molecular weight excluding hydrogens is 306 g/mol. The van der Waals surface area contributed by atoms with Crippen LogP contribution in [0.15, 0.2) is 35.7 Å². The van der Waals surface area contributed by atoms with E-state index in [0.717, 1.165) is 37.4 Å². The van der Waals surface area contributed by atoms with E-state index in [9.17, 15) is 8.42 Å². The zero-order valence-electron chi connectivity index (χ0n) is 11.9. The fourth-order valence-electron chi connectivity index (χ4n) is 2.03. The highest BCUT2D eigenvalue weighted by Crippen LogP contribution is 2.21. The van der Waals surface area contributed by atoms with Crippen molar-refractivity contribution in [2.45, 2.75) is 18.1 Å². The minimum absolute atomic E-state index is 0.462. The summed E-state index contributed by atoms with van der Waals surface area (Å²) in [4.78, 5) is 0. The van der Waals surface area contributed by atoms with Crippen LogP contribution in [-0.4, -0.2) is 39.2 Å². The van der Waals surface area contributed by atoms with Crippen molar-refractivity contribution in [1.29, 1.82) is 0 Å². The Labute approximate surface area is 131 Å². The maximum atomic E-state index is 11.8. The quantitative estimate of drug-likeness (QED) is 0.782. The lowest BCUT2D eigenvalue weighted by Gasteiger charge is -2.21. The Morgan fingerprint density at radius 3 is 2.67 bits per heavy atom. The number of thioether (sulfide) groups is 1. The predicted molar refractivity (Wildman–Crippen MR) is 88.7 cm³/mol. The second-order valence-corrected chi connectivity index (χ2v) is 7.89. The summed E-state index contributed by atoms with van der Waals surface area (Å²) >= 11 is 1.82. The van der Waals surface area contributed by atoms with E-state index in [1.54, 1.807) is 6.08 Å². The third kappa shape index (κ3) is 6.65. The molecule has 1 saturated heterocycles. The van der Waals surface area contributed by atoms with Gasteiger partial charge < -0.3 is 4.74 Å². The molecule has 1 fully saturated rings. The van der Waals surface area contributed by atoms with Gasteiger partial charge in [0, 0.05) is 36.2 Å². The molecule has 0 saturated carbocycles. The minimum atomic E-state index is -3.35. The summed E-state index contributed by atoms with van der Waals surface area (Å²) in [7, 11) is -3.35. The first-order valence-corrected chi connectivity index (χ1v) is 9.67. The van der Waals surface area contributed by atoms with Crippen LogP contribution in [0.3, 0.4) is 0 Å². The molecule has 6 heteroatoms.